The van der Waals surface area contributed by atoms with E-state index in [-0.39, 0.29) is 17.9 Å². The number of rotatable bonds is 1. The number of alkyl halides is 3. The molecule has 6 heteroatoms. The van der Waals surface area contributed by atoms with E-state index >= 15 is 0 Å². The molecule has 3 nitrogen and oxygen atoms in total. The van der Waals surface area contributed by atoms with Gasteiger partial charge in [0.15, 0.2) is 0 Å². The van der Waals surface area contributed by atoms with Crippen molar-refractivity contribution >= 4 is 0 Å². The maximum atomic E-state index is 12.2. The zero-order chi connectivity index (χ0) is 10.8. The van der Waals surface area contributed by atoms with Gasteiger partial charge in [-0.25, -0.2) is 9.97 Å². The number of hydrogen-bond donors (Lipinski definition) is 0. The van der Waals surface area contributed by atoms with Crippen LogP contribution in [0.1, 0.15) is 17.2 Å². The van der Waals surface area contributed by atoms with Crippen LogP contribution in [0.5, 0.6) is 0 Å². The van der Waals surface area contributed by atoms with Crippen molar-refractivity contribution in [2.45, 2.75) is 19.5 Å². The number of aromatic nitrogens is 2. The van der Waals surface area contributed by atoms with Crippen molar-refractivity contribution in [2.24, 2.45) is 0 Å². The summed E-state index contributed by atoms with van der Waals surface area (Å²) in [5, 5.41) is 8.29. The third-order valence-corrected chi connectivity index (χ3v) is 1.43. The summed E-state index contributed by atoms with van der Waals surface area (Å²) in [5.74, 6) is -0.0974. The molecule has 0 unspecified atom stereocenters. The normalized spacial score (nSPS) is 11.1. The van der Waals surface area contributed by atoms with Crippen LogP contribution in [0.4, 0.5) is 13.2 Å². The Kier molecular flexibility index (Phi) is 2.70. The number of aryl methyl sites for hydroxylation is 1. The Balaban J connectivity index is 3.15. The smallest absolute Gasteiger partial charge is 0.237 e. The summed E-state index contributed by atoms with van der Waals surface area (Å²) in [6.45, 7) is 1.43. The Labute approximate surface area is 78.2 Å². The second kappa shape index (κ2) is 3.62. The first-order valence-electron chi connectivity index (χ1n) is 3.72. The van der Waals surface area contributed by atoms with Crippen LogP contribution < -0.4 is 0 Å². The van der Waals surface area contributed by atoms with E-state index in [1.165, 1.54) is 6.92 Å². The molecule has 0 aliphatic heterocycles. The molecule has 0 amide bonds. The first-order chi connectivity index (χ1) is 6.43. The van der Waals surface area contributed by atoms with E-state index in [1.807, 2.05) is 0 Å². The summed E-state index contributed by atoms with van der Waals surface area (Å²) in [6.07, 6.45) is -4.71. The lowest BCUT2D eigenvalue weighted by Gasteiger charge is -2.06. The van der Waals surface area contributed by atoms with E-state index < -0.39 is 11.9 Å². The number of nitriles is 1. The van der Waals surface area contributed by atoms with Gasteiger partial charge >= 0.3 is 6.18 Å². The lowest BCUT2D eigenvalue weighted by molar-refractivity contribution is -0.141. The zero-order valence-corrected chi connectivity index (χ0v) is 7.26. The summed E-state index contributed by atoms with van der Waals surface area (Å²) in [4.78, 5) is 6.94. The summed E-state index contributed by atoms with van der Waals surface area (Å²) in [5.41, 5.74) is -0.798. The number of halogens is 3. The van der Waals surface area contributed by atoms with Gasteiger partial charge in [-0.15, -0.1) is 0 Å². The molecule has 74 valence electrons. The first kappa shape index (κ1) is 10.4. The molecule has 1 aromatic rings. The van der Waals surface area contributed by atoms with Gasteiger partial charge in [0, 0.05) is 5.69 Å². The second-order valence-electron chi connectivity index (χ2n) is 2.64. The van der Waals surface area contributed by atoms with E-state index in [1.54, 1.807) is 6.07 Å². The Bertz CT molecular complexity index is 378. The average molecular weight is 201 g/mol. The summed E-state index contributed by atoms with van der Waals surface area (Å²) in [6, 6.07) is 2.55. The van der Waals surface area contributed by atoms with E-state index in [2.05, 4.69) is 9.97 Å². The third kappa shape index (κ3) is 2.42. The molecule has 0 bridgehead atoms. The van der Waals surface area contributed by atoms with E-state index in [4.69, 9.17) is 5.26 Å². The molecule has 14 heavy (non-hydrogen) atoms. The topological polar surface area (TPSA) is 49.6 Å². The highest BCUT2D eigenvalue weighted by atomic mass is 19.4. The number of nitrogens with zero attached hydrogens (tertiary/aromatic N) is 3. The van der Waals surface area contributed by atoms with Gasteiger partial charge in [0.2, 0.25) is 0 Å². The van der Waals surface area contributed by atoms with Gasteiger partial charge in [-0.3, -0.25) is 0 Å². The van der Waals surface area contributed by atoms with Crippen molar-refractivity contribution in [3.63, 3.8) is 0 Å². The summed E-state index contributed by atoms with van der Waals surface area (Å²) in [7, 11) is 0. The van der Waals surface area contributed by atoms with Gasteiger partial charge < -0.3 is 0 Å². The van der Waals surface area contributed by atoms with E-state index in [0.29, 0.717) is 0 Å². The molecular formula is C8H6F3N3. The minimum absolute atomic E-state index is 0.0974. The van der Waals surface area contributed by atoms with Crippen molar-refractivity contribution in [1.82, 2.24) is 9.97 Å². The first-order valence-corrected chi connectivity index (χ1v) is 3.72. The molecule has 0 atom stereocenters. The maximum Gasteiger partial charge on any atom is 0.433 e. The number of hydrogen-bond acceptors (Lipinski definition) is 3. The molecule has 0 fully saturated rings. The molecule has 0 saturated carbocycles. The molecule has 0 aromatic carbocycles. The van der Waals surface area contributed by atoms with Crippen LogP contribution in [0.3, 0.4) is 0 Å². The monoisotopic (exact) mass is 201 g/mol. The SMILES string of the molecule is Cc1cc(C(F)(F)F)nc(CC#N)n1. The van der Waals surface area contributed by atoms with Crippen LogP contribution in [0, 0.1) is 18.3 Å². The van der Waals surface area contributed by atoms with Crippen LogP contribution in [-0.4, -0.2) is 9.97 Å². The van der Waals surface area contributed by atoms with Gasteiger partial charge in [-0.1, -0.05) is 0 Å². The second-order valence-corrected chi connectivity index (χ2v) is 2.64. The van der Waals surface area contributed by atoms with Gasteiger partial charge in [0.25, 0.3) is 0 Å². The molecule has 0 aliphatic carbocycles. The summed E-state index contributed by atoms with van der Waals surface area (Å²) < 4.78 is 36.6. The van der Waals surface area contributed by atoms with Crippen molar-refractivity contribution in [2.75, 3.05) is 0 Å². The maximum absolute atomic E-state index is 12.2. The van der Waals surface area contributed by atoms with Crippen LogP contribution in [0.25, 0.3) is 0 Å². The van der Waals surface area contributed by atoms with Crippen molar-refractivity contribution < 1.29 is 13.2 Å². The van der Waals surface area contributed by atoms with Crippen LogP contribution in [0.15, 0.2) is 6.07 Å². The third-order valence-electron chi connectivity index (χ3n) is 1.43. The fourth-order valence-electron chi connectivity index (χ4n) is 0.925. The molecule has 0 aliphatic rings. The molecular weight excluding hydrogens is 195 g/mol. The minimum Gasteiger partial charge on any atom is -0.237 e. The lowest BCUT2D eigenvalue weighted by atomic mass is 10.3. The fourth-order valence-corrected chi connectivity index (χ4v) is 0.925. The minimum atomic E-state index is -4.49. The highest BCUT2D eigenvalue weighted by Crippen LogP contribution is 2.27. The quantitative estimate of drug-likeness (QED) is 0.696. The summed E-state index contributed by atoms with van der Waals surface area (Å²) >= 11 is 0. The lowest BCUT2D eigenvalue weighted by Crippen LogP contribution is -2.11. The molecule has 0 spiro atoms. The van der Waals surface area contributed by atoms with E-state index in [9.17, 15) is 13.2 Å². The molecule has 1 rings (SSSR count). The van der Waals surface area contributed by atoms with Crippen LogP contribution in [0.2, 0.25) is 0 Å². The van der Waals surface area contributed by atoms with Gasteiger partial charge in [-0.05, 0) is 13.0 Å². The van der Waals surface area contributed by atoms with Gasteiger partial charge in [0.05, 0.1) is 12.5 Å². The Morgan fingerprint density at radius 1 is 1.43 bits per heavy atom. The molecule has 1 heterocycles. The van der Waals surface area contributed by atoms with Gasteiger partial charge in [0.1, 0.15) is 11.5 Å². The van der Waals surface area contributed by atoms with Crippen molar-refractivity contribution in [1.29, 1.82) is 5.26 Å². The highest BCUT2D eigenvalue weighted by Gasteiger charge is 2.33. The molecule has 0 saturated heterocycles. The largest absolute Gasteiger partial charge is 0.433 e. The highest BCUT2D eigenvalue weighted by molar-refractivity contribution is 5.14. The van der Waals surface area contributed by atoms with Crippen molar-refractivity contribution in [3.05, 3.63) is 23.3 Å². The predicted octanol–water partition coefficient (Wildman–Crippen LogP) is 1.87. The van der Waals surface area contributed by atoms with E-state index in [0.717, 1.165) is 6.07 Å². The average Bonchev–Trinajstić information content (AvgIpc) is 2.02. The molecule has 0 N–H and O–H groups in total. The Hall–Kier alpha value is -1.64. The Morgan fingerprint density at radius 3 is 2.57 bits per heavy atom. The zero-order valence-electron chi connectivity index (χ0n) is 7.26. The molecule has 1 aromatic heterocycles. The molecule has 0 radical (unpaired) electrons. The van der Waals surface area contributed by atoms with Crippen LogP contribution in [-0.2, 0) is 12.6 Å². The van der Waals surface area contributed by atoms with Crippen LogP contribution >= 0.6 is 0 Å². The van der Waals surface area contributed by atoms with Gasteiger partial charge in [-0.2, -0.15) is 18.4 Å². The standard InChI is InChI=1S/C8H6F3N3/c1-5-4-6(8(9,10)11)14-7(13-5)2-3-12/h4H,2H2,1H3. The predicted molar refractivity (Wildman–Crippen MR) is 41.1 cm³/mol. The van der Waals surface area contributed by atoms with Crippen molar-refractivity contribution in [3.8, 4) is 6.07 Å². The Morgan fingerprint density at radius 2 is 2.07 bits per heavy atom. The fraction of sp³-hybridized carbons (Fsp3) is 0.375.